The average molecular weight is 267 g/mol. The fourth-order valence-corrected chi connectivity index (χ4v) is 1.77. The molecule has 2 aromatic carbocycles. The van der Waals surface area contributed by atoms with E-state index in [0.29, 0.717) is 16.3 Å². The van der Waals surface area contributed by atoms with Crippen LogP contribution in [-0.4, -0.2) is 5.11 Å². The van der Waals surface area contributed by atoms with Crippen LogP contribution in [0.5, 0.6) is 11.5 Å². The lowest BCUT2D eigenvalue weighted by atomic mass is 10.1. The van der Waals surface area contributed by atoms with Crippen molar-refractivity contribution in [2.24, 2.45) is 0 Å². The molecule has 18 heavy (non-hydrogen) atoms. The molecule has 0 bridgehead atoms. The summed E-state index contributed by atoms with van der Waals surface area (Å²) in [6.07, 6.45) is -0.821. The minimum Gasteiger partial charge on any atom is -0.452 e. The van der Waals surface area contributed by atoms with Gasteiger partial charge in [-0.25, -0.2) is 4.39 Å². The quantitative estimate of drug-likeness (QED) is 0.896. The highest BCUT2D eigenvalue weighted by Gasteiger charge is 2.15. The van der Waals surface area contributed by atoms with E-state index in [2.05, 4.69) is 0 Å². The van der Waals surface area contributed by atoms with Gasteiger partial charge in [0, 0.05) is 5.56 Å². The molecule has 2 rings (SSSR count). The second-order valence-corrected chi connectivity index (χ2v) is 4.27. The molecule has 2 nitrogen and oxygen atoms in total. The predicted octanol–water partition coefficient (Wildman–Crippen LogP) is 4.32. The summed E-state index contributed by atoms with van der Waals surface area (Å²) in [7, 11) is 0. The van der Waals surface area contributed by atoms with Gasteiger partial charge in [0.05, 0.1) is 11.1 Å². The van der Waals surface area contributed by atoms with E-state index in [1.165, 1.54) is 12.1 Å². The molecule has 1 atom stereocenters. The van der Waals surface area contributed by atoms with Gasteiger partial charge in [0.25, 0.3) is 0 Å². The van der Waals surface area contributed by atoms with Gasteiger partial charge in [-0.1, -0.05) is 35.9 Å². The number of aliphatic hydroxyl groups is 1. The van der Waals surface area contributed by atoms with Crippen LogP contribution in [0.4, 0.5) is 4.39 Å². The van der Waals surface area contributed by atoms with Crippen LogP contribution in [0.25, 0.3) is 0 Å². The van der Waals surface area contributed by atoms with Gasteiger partial charge in [-0.05, 0) is 25.1 Å². The Morgan fingerprint density at radius 3 is 2.56 bits per heavy atom. The van der Waals surface area contributed by atoms with Crippen molar-refractivity contribution in [1.82, 2.24) is 0 Å². The number of benzene rings is 2. The number of halogens is 2. The molecule has 0 heterocycles. The Balaban J connectivity index is 2.43. The van der Waals surface area contributed by atoms with Crippen molar-refractivity contribution < 1.29 is 14.2 Å². The predicted molar refractivity (Wildman–Crippen MR) is 68.6 cm³/mol. The van der Waals surface area contributed by atoms with Crippen LogP contribution >= 0.6 is 11.6 Å². The minimum atomic E-state index is -0.821. The monoisotopic (exact) mass is 266 g/mol. The summed E-state index contributed by atoms with van der Waals surface area (Å²) in [5.41, 5.74) is 0.384. The molecule has 0 aliphatic rings. The zero-order valence-electron chi connectivity index (χ0n) is 9.73. The van der Waals surface area contributed by atoms with Crippen LogP contribution < -0.4 is 4.74 Å². The fourth-order valence-electron chi connectivity index (χ4n) is 1.60. The highest BCUT2D eigenvalue weighted by molar-refractivity contribution is 6.32. The first kappa shape index (κ1) is 12.9. The van der Waals surface area contributed by atoms with Crippen molar-refractivity contribution in [3.8, 4) is 11.5 Å². The molecule has 0 aliphatic heterocycles. The molecule has 94 valence electrons. The normalized spacial score (nSPS) is 12.2. The zero-order chi connectivity index (χ0) is 13.1. The van der Waals surface area contributed by atoms with E-state index >= 15 is 0 Å². The molecular formula is C14H12ClFO2. The summed E-state index contributed by atoms with van der Waals surface area (Å²) in [5.74, 6) is -0.180. The summed E-state index contributed by atoms with van der Waals surface area (Å²) in [4.78, 5) is 0. The zero-order valence-corrected chi connectivity index (χ0v) is 10.5. The van der Waals surface area contributed by atoms with Gasteiger partial charge >= 0.3 is 0 Å². The van der Waals surface area contributed by atoms with Crippen molar-refractivity contribution in [2.45, 2.75) is 13.0 Å². The number of rotatable bonds is 3. The van der Waals surface area contributed by atoms with E-state index in [4.69, 9.17) is 16.3 Å². The maximum Gasteiger partial charge on any atom is 0.168 e. The molecule has 0 saturated heterocycles. The van der Waals surface area contributed by atoms with E-state index in [1.807, 2.05) is 0 Å². The highest BCUT2D eigenvalue weighted by atomic mass is 35.5. The van der Waals surface area contributed by atoms with E-state index in [0.717, 1.165) is 0 Å². The maximum atomic E-state index is 13.7. The van der Waals surface area contributed by atoms with Gasteiger partial charge in [0.2, 0.25) is 0 Å². The molecule has 0 spiro atoms. The van der Waals surface area contributed by atoms with Crippen LogP contribution in [0.2, 0.25) is 5.02 Å². The Kier molecular flexibility index (Phi) is 3.84. The van der Waals surface area contributed by atoms with Gasteiger partial charge in [-0.3, -0.25) is 0 Å². The first-order chi connectivity index (χ1) is 8.59. The summed E-state index contributed by atoms with van der Waals surface area (Å²) in [6.45, 7) is 1.55. The van der Waals surface area contributed by atoms with E-state index < -0.39 is 11.9 Å². The summed E-state index contributed by atoms with van der Waals surface area (Å²) in [6, 6.07) is 11.2. The second kappa shape index (κ2) is 5.38. The molecule has 0 radical (unpaired) electrons. The topological polar surface area (TPSA) is 29.5 Å². The lowest BCUT2D eigenvalue weighted by molar-refractivity contribution is 0.194. The van der Waals surface area contributed by atoms with Crippen molar-refractivity contribution >= 4 is 11.6 Å². The van der Waals surface area contributed by atoms with Gasteiger partial charge in [-0.2, -0.15) is 0 Å². The Bertz CT molecular complexity index is 555. The van der Waals surface area contributed by atoms with Crippen molar-refractivity contribution in [2.75, 3.05) is 0 Å². The summed E-state index contributed by atoms with van der Waals surface area (Å²) in [5, 5.41) is 9.98. The molecule has 0 amide bonds. The SMILES string of the molecule is CC(O)c1cccc(F)c1Oc1ccccc1Cl. The first-order valence-corrected chi connectivity index (χ1v) is 5.86. The molecule has 1 N–H and O–H groups in total. The standard InChI is InChI=1S/C14H12ClFO2/c1-9(17)10-5-4-7-12(16)14(10)18-13-8-3-2-6-11(13)15/h2-9,17H,1H3. The highest BCUT2D eigenvalue weighted by Crippen LogP contribution is 2.35. The van der Waals surface area contributed by atoms with Gasteiger partial charge < -0.3 is 9.84 Å². The van der Waals surface area contributed by atoms with Crippen LogP contribution in [0, 0.1) is 5.82 Å². The Labute approximate surface area is 110 Å². The average Bonchev–Trinajstić information content (AvgIpc) is 2.34. The molecule has 2 aromatic rings. The van der Waals surface area contributed by atoms with Gasteiger partial charge in [-0.15, -0.1) is 0 Å². The Morgan fingerprint density at radius 1 is 1.17 bits per heavy atom. The molecule has 0 saturated carbocycles. The molecule has 0 aromatic heterocycles. The molecular weight excluding hydrogens is 255 g/mol. The van der Waals surface area contributed by atoms with Crippen LogP contribution in [0.1, 0.15) is 18.6 Å². The third-order valence-electron chi connectivity index (χ3n) is 2.50. The van der Waals surface area contributed by atoms with Crippen molar-refractivity contribution in [1.29, 1.82) is 0 Å². The van der Waals surface area contributed by atoms with Crippen LogP contribution in [-0.2, 0) is 0 Å². The van der Waals surface area contributed by atoms with Crippen LogP contribution in [0.3, 0.4) is 0 Å². The maximum absolute atomic E-state index is 13.7. The molecule has 0 aliphatic carbocycles. The lowest BCUT2D eigenvalue weighted by Crippen LogP contribution is -1.98. The molecule has 4 heteroatoms. The Morgan fingerprint density at radius 2 is 1.89 bits per heavy atom. The smallest absolute Gasteiger partial charge is 0.168 e. The van der Waals surface area contributed by atoms with Crippen molar-refractivity contribution in [3.05, 3.63) is 58.9 Å². The number of hydrogen-bond acceptors (Lipinski definition) is 2. The van der Waals surface area contributed by atoms with Gasteiger partial charge in [0.1, 0.15) is 5.75 Å². The molecule has 0 fully saturated rings. The number of para-hydroxylation sites is 2. The first-order valence-electron chi connectivity index (χ1n) is 5.48. The van der Waals surface area contributed by atoms with E-state index in [-0.39, 0.29) is 5.75 Å². The lowest BCUT2D eigenvalue weighted by Gasteiger charge is -2.14. The largest absolute Gasteiger partial charge is 0.452 e. The number of hydrogen-bond donors (Lipinski definition) is 1. The summed E-state index contributed by atoms with van der Waals surface area (Å²) < 4.78 is 19.2. The molecule has 1 unspecified atom stereocenters. The third-order valence-corrected chi connectivity index (χ3v) is 2.81. The number of ether oxygens (including phenoxy) is 1. The van der Waals surface area contributed by atoms with Gasteiger partial charge in [0.15, 0.2) is 11.6 Å². The van der Waals surface area contributed by atoms with E-state index in [1.54, 1.807) is 37.3 Å². The summed E-state index contributed by atoms with van der Waals surface area (Å²) >= 11 is 5.95. The third kappa shape index (κ3) is 2.63. The van der Waals surface area contributed by atoms with E-state index in [9.17, 15) is 9.50 Å². The fraction of sp³-hybridized carbons (Fsp3) is 0.143. The Hall–Kier alpha value is -1.58. The second-order valence-electron chi connectivity index (χ2n) is 3.87. The van der Waals surface area contributed by atoms with Crippen LogP contribution in [0.15, 0.2) is 42.5 Å². The number of aliphatic hydroxyl groups excluding tert-OH is 1. The van der Waals surface area contributed by atoms with Crippen molar-refractivity contribution in [3.63, 3.8) is 0 Å². The minimum absolute atomic E-state index is 0.000556.